The molecule has 0 bridgehead atoms. The summed E-state index contributed by atoms with van der Waals surface area (Å²) in [5.41, 5.74) is 6.70. The zero-order chi connectivity index (χ0) is 14.7. The lowest BCUT2D eigenvalue weighted by Gasteiger charge is -2.07. The van der Waals surface area contributed by atoms with Crippen molar-refractivity contribution in [2.24, 2.45) is 5.73 Å². The highest BCUT2D eigenvalue weighted by atomic mass is 35.5. The maximum atomic E-state index is 12.0. The Hall–Kier alpha value is -1.69. The Balaban J connectivity index is 2.19. The quantitative estimate of drug-likeness (QED) is 0.850. The second-order valence-corrected chi connectivity index (χ2v) is 5.16. The first-order chi connectivity index (χ1) is 9.47. The van der Waals surface area contributed by atoms with Crippen LogP contribution in [0.2, 0.25) is 10.0 Å². The number of carbonyl (C=O) groups is 1. The van der Waals surface area contributed by atoms with Crippen molar-refractivity contribution in [2.45, 2.75) is 0 Å². The number of nitrogens with zero attached hydrogens (tertiary/aromatic N) is 1. The van der Waals surface area contributed by atoms with E-state index in [1.165, 1.54) is 12.3 Å². The van der Waals surface area contributed by atoms with Crippen LogP contribution in [0, 0.1) is 0 Å². The molecule has 20 heavy (non-hydrogen) atoms. The van der Waals surface area contributed by atoms with Gasteiger partial charge in [0.1, 0.15) is 10.7 Å². The van der Waals surface area contributed by atoms with Gasteiger partial charge in [-0.3, -0.25) is 9.78 Å². The number of halogens is 2. The number of carbonyl (C=O) groups excluding carboxylic acids is 1. The fourth-order valence-electron chi connectivity index (χ4n) is 1.45. The summed E-state index contributed by atoms with van der Waals surface area (Å²) in [6, 6.07) is 7.95. The molecule has 0 unspecified atom stereocenters. The van der Waals surface area contributed by atoms with E-state index in [4.69, 9.17) is 41.2 Å². The van der Waals surface area contributed by atoms with E-state index in [1.807, 2.05) is 0 Å². The molecule has 2 rings (SSSR count). The Morgan fingerprint density at radius 1 is 1.25 bits per heavy atom. The molecule has 0 aliphatic carbocycles. The fraction of sp³-hybridized carbons (Fsp3) is 0. The van der Waals surface area contributed by atoms with E-state index in [9.17, 15) is 4.79 Å². The van der Waals surface area contributed by atoms with Crippen LogP contribution in [0.5, 0.6) is 0 Å². The molecule has 2 aromatic rings. The van der Waals surface area contributed by atoms with Crippen molar-refractivity contribution in [1.29, 1.82) is 0 Å². The van der Waals surface area contributed by atoms with Gasteiger partial charge in [0, 0.05) is 16.8 Å². The third-order valence-corrected chi connectivity index (χ3v) is 3.26. The smallest absolute Gasteiger partial charge is 0.274 e. The van der Waals surface area contributed by atoms with E-state index in [0.29, 0.717) is 21.3 Å². The minimum Gasteiger partial charge on any atom is -0.389 e. The molecular formula is C13H9Cl2N3OS. The molecular weight excluding hydrogens is 317 g/mol. The topological polar surface area (TPSA) is 68.0 Å². The van der Waals surface area contributed by atoms with Gasteiger partial charge in [-0.05, 0) is 30.3 Å². The van der Waals surface area contributed by atoms with Gasteiger partial charge < -0.3 is 11.1 Å². The average Bonchev–Trinajstić information content (AvgIpc) is 2.43. The Labute approximate surface area is 130 Å². The molecule has 0 fully saturated rings. The van der Waals surface area contributed by atoms with Gasteiger partial charge in [0.05, 0.1) is 10.7 Å². The number of nitrogens with two attached hydrogens (primary N) is 1. The highest BCUT2D eigenvalue weighted by molar-refractivity contribution is 7.80. The summed E-state index contributed by atoms with van der Waals surface area (Å²) in [4.78, 5) is 16.2. The number of anilines is 1. The molecule has 0 radical (unpaired) electrons. The van der Waals surface area contributed by atoms with E-state index in [-0.39, 0.29) is 10.7 Å². The molecule has 102 valence electrons. The minimum atomic E-state index is -0.399. The summed E-state index contributed by atoms with van der Waals surface area (Å²) < 4.78 is 0. The molecule has 1 heterocycles. The lowest BCUT2D eigenvalue weighted by molar-refractivity contribution is 0.102. The predicted molar refractivity (Wildman–Crippen MR) is 84.5 cm³/mol. The van der Waals surface area contributed by atoms with Crippen molar-refractivity contribution in [3.05, 3.63) is 57.8 Å². The molecule has 1 amide bonds. The number of nitrogens with one attached hydrogen (secondary N) is 1. The molecule has 0 aliphatic heterocycles. The number of thiocarbonyl (C=S) groups is 1. The van der Waals surface area contributed by atoms with Gasteiger partial charge in [0.2, 0.25) is 0 Å². The zero-order valence-electron chi connectivity index (χ0n) is 10.1. The fourth-order valence-corrected chi connectivity index (χ4v) is 1.91. The Morgan fingerprint density at radius 3 is 2.60 bits per heavy atom. The van der Waals surface area contributed by atoms with Gasteiger partial charge in [-0.1, -0.05) is 35.4 Å². The highest BCUT2D eigenvalue weighted by Crippen LogP contribution is 2.25. The number of hydrogen-bond donors (Lipinski definition) is 2. The maximum Gasteiger partial charge on any atom is 0.274 e. The zero-order valence-corrected chi connectivity index (χ0v) is 12.4. The van der Waals surface area contributed by atoms with Crippen LogP contribution in [0.15, 0.2) is 36.5 Å². The van der Waals surface area contributed by atoms with Crippen molar-refractivity contribution in [3.8, 4) is 0 Å². The van der Waals surface area contributed by atoms with Crippen molar-refractivity contribution >= 4 is 52.0 Å². The van der Waals surface area contributed by atoms with E-state index < -0.39 is 5.91 Å². The normalized spacial score (nSPS) is 10.1. The number of amides is 1. The number of benzene rings is 1. The number of hydrogen-bond acceptors (Lipinski definition) is 3. The van der Waals surface area contributed by atoms with Crippen LogP contribution in [0.4, 0.5) is 5.69 Å². The highest BCUT2D eigenvalue weighted by Gasteiger charge is 2.10. The minimum absolute atomic E-state index is 0.223. The van der Waals surface area contributed by atoms with Crippen LogP contribution in [-0.2, 0) is 0 Å². The van der Waals surface area contributed by atoms with Gasteiger partial charge >= 0.3 is 0 Å². The van der Waals surface area contributed by atoms with E-state index in [1.54, 1.807) is 24.3 Å². The van der Waals surface area contributed by atoms with Crippen LogP contribution in [0.1, 0.15) is 16.1 Å². The summed E-state index contributed by atoms with van der Waals surface area (Å²) in [5.74, 6) is -0.399. The number of rotatable bonds is 3. The first kappa shape index (κ1) is 14.7. The Bertz CT molecular complexity index is 674. The van der Waals surface area contributed by atoms with Gasteiger partial charge in [-0.25, -0.2) is 0 Å². The van der Waals surface area contributed by atoms with E-state index in [2.05, 4.69) is 10.3 Å². The van der Waals surface area contributed by atoms with Crippen LogP contribution in [0.25, 0.3) is 0 Å². The van der Waals surface area contributed by atoms with E-state index in [0.717, 1.165) is 0 Å². The van der Waals surface area contributed by atoms with Crippen molar-refractivity contribution < 1.29 is 4.79 Å². The molecule has 7 heteroatoms. The van der Waals surface area contributed by atoms with Gasteiger partial charge in [0.25, 0.3) is 5.91 Å². The summed E-state index contributed by atoms with van der Waals surface area (Å²) in [5, 5.41) is 3.50. The second-order valence-electron chi connectivity index (χ2n) is 3.87. The first-order valence-corrected chi connectivity index (χ1v) is 6.66. The first-order valence-electron chi connectivity index (χ1n) is 5.49. The molecule has 1 aromatic carbocycles. The van der Waals surface area contributed by atoms with Gasteiger partial charge in [-0.2, -0.15) is 0 Å². The van der Waals surface area contributed by atoms with Crippen molar-refractivity contribution in [3.63, 3.8) is 0 Å². The van der Waals surface area contributed by atoms with Crippen LogP contribution >= 0.6 is 35.4 Å². The molecule has 0 aliphatic rings. The largest absolute Gasteiger partial charge is 0.389 e. The third-order valence-electron chi connectivity index (χ3n) is 2.46. The lowest BCUT2D eigenvalue weighted by Crippen LogP contribution is -2.15. The monoisotopic (exact) mass is 325 g/mol. The Kier molecular flexibility index (Phi) is 4.54. The second kappa shape index (κ2) is 6.17. The maximum absolute atomic E-state index is 12.0. The van der Waals surface area contributed by atoms with E-state index >= 15 is 0 Å². The van der Waals surface area contributed by atoms with Crippen molar-refractivity contribution in [2.75, 3.05) is 5.32 Å². The summed E-state index contributed by atoms with van der Waals surface area (Å²) in [6.45, 7) is 0. The van der Waals surface area contributed by atoms with Crippen LogP contribution in [-0.4, -0.2) is 15.9 Å². The molecule has 1 aromatic heterocycles. The summed E-state index contributed by atoms with van der Waals surface area (Å²) in [6.07, 6.45) is 1.44. The molecule has 4 nitrogen and oxygen atoms in total. The average molecular weight is 326 g/mol. The number of pyridine rings is 1. The standard InChI is InChI=1S/C13H9Cl2N3OS/c14-8-2-3-9(15)11(5-8)18-13(19)10-4-1-7(6-17-10)12(16)20/h1-6H,(H2,16,20)(H,18,19). The Morgan fingerprint density at radius 2 is 2.00 bits per heavy atom. The van der Waals surface area contributed by atoms with Gasteiger partial charge in [0.15, 0.2) is 0 Å². The summed E-state index contributed by atoms with van der Waals surface area (Å²) >= 11 is 16.6. The SMILES string of the molecule is NC(=S)c1ccc(C(=O)Nc2cc(Cl)ccc2Cl)nc1. The lowest BCUT2D eigenvalue weighted by atomic mass is 10.2. The summed E-state index contributed by atoms with van der Waals surface area (Å²) in [7, 11) is 0. The van der Waals surface area contributed by atoms with Crippen molar-refractivity contribution in [1.82, 2.24) is 4.98 Å². The predicted octanol–water partition coefficient (Wildman–Crippen LogP) is 3.27. The van der Waals surface area contributed by atoms with Crippen LogP contribution in [0.3, 0.4) is 0 Å². The molecule has 0 saturated carbocycles. The van der Waals surface area contributed by atoms with Gasteiger partial charge in [-0.15, -0.1) is 0 Å². The third kappa shape index (κ3) is 3.45. The molecule has 0 spiro atoms. The van der Waals surface area contributed by atoms with Crippen LogP contribution < -0.4 is 11.1 Å². The molecule has 0 atom stereocenters. The number of aromatic nitrogens is 1. The molecule has 0 saturated heterocycles. The molecule has 3 N–H and O–H groups in total.